The number of allylic oxidation sites excluding steroid dienone is 2. The number of rotatable bonds is 7. The summed E-state index contributed by atoms with van der Waals surface area (Å²) >= 11 is 0. The first-order valence-corrected chi connectivity index (χ1v) is 9.94. The molecule has 0 aromatic carbocycles. The first kappa shape index (κ1) is 19.8. The summed E-state index contributed by atoms with van der Waals surface area (Å²) in [5.74, 6) is 0.995. The van der Waals surface area contributed by atoms with Crippen molar-refractivity contribution in [1.82, 2.24) is 15.3 Å². The van der Waals surface area contributed by atoms with E-state index >= 15 is 0 Å². The number of hydrogen-bond acceptors (Lipinski definition) is 6. The quantitative estimate of drug-likeness (QED) is 0.678. The normalized spacial score (nSPS) is 25.5. The third-order valence-corrected chi connectivity index (χ3v) is 5.29. The Bertz CT molecular complexity index is 731. The van der Waals surface area contributed by atoms with E-state index in [1.54, 1.807) is 6.08 Å². The second-order valence-corrected chi connectivity index (χ2v) is 7.56. The van der Waals surface area contributed by atoms with Crippen LogP contribution < -0.4 is 21.7 Å². The van der Waals surface area contributed by atoms with Crippen LogP contribution in [0.1, 0.15) is 51.0 Å². The van der Waals surface area contributed by atoms with Gasteiger partial charge in [0.2, 0.25) is 0 Å². The number of aryl methyl sites for hydroxylation is 1. The van der Waals surface area contributed by atoms with Gasteiger partial charge in [-0.25, -0.2) is 14.4 Å². The van der Waals surface area contributed by atoms with Crippen molar-refractivity contribution < 1.29 is 4.39 Å². The first-order chi connectivity index (χ1) is 12.9. The largest absolute Gasteiger partial charge is 0.400 e. The molecule has 2 heterocycles. The Morgan fingerprint density at radius 2 is 2.19 bits per heavy atom. The molecular weight excluding hydrogens is 343 g/mol. The highest BCUT2D eigenvalue weighted by Crippen LogP contribution is 2.32. The van der Waals surface area contributed by atoms with Crippen molar-refractivity contribution in [2.45, 2.75) is 57.5 Å². The molecule has 5 N–H and O–H groups in total. The predicted molar refractivity (Wildman–Crippen MR) is 107 cm³/mol. The highest BCUT2D eigenvalue weighted by atomic mass is 19.1. The minimum Gasteiger partial charge on any atom is -0.400 e. The van der Waals surface area contributed by atoms with E-state index in [4.69, 9.17) is 21.4 Å². The van der Waals surface area contributed by atoms with Crippen molar-refractivity contribution in [3.05, 3.63) is 41.3 Å². The van der Waals surface area contributed by atoms with Gasteiger partial charge in [-0.15, -0.1) is 0 Å². The molecule has 1 saturated heterocycles. The van der Waals surface area contributed by atoms with Gasteiger partial charge in [-0.2, -0.15) is 0 Å². The zero-order chi connectivity index (χ0) is 19.4. The average molecular weight is 375 g/mol. The van der Waals surface area contributed by atoms with Gasteiger partial charge >= 0.3 is 0 Å². The van der Waals surface area contributed by atoms with Crippen LogP contribution in [-0.4, -0.2) is 35.6 Å². The molecule has 0 spiro atoms. The molecule has 7 heteroatoms. The molecule has 6 nitrogen and oxygen atoms in total. The molecule has 0 bridgehead atoms. The topological polar surface area (TPSA) is 93.1 Å². The van der Waals surface area contributed by atoms with Gasteiger partial charge in [-0.05, 0) is 31.9 Å². The van der Waals surface area contributed by atoms with Gasteiger partial charge in [-0.1, -0.05) is 26.3 Å². The second-order valence-electron chi connectivity index (χ2n) is 7.56. The minimum atomic E-state index is -0.975. The number of unbranched alkanes of at least 4 members (excludes halogenated alkanes) is 1. The van der Waals surface area contributed by atoms with E-state index < -0.39 is 11.4 Å². The molecule has 1 aromatic heterocycles. The van der Waals surface area contributed by atoms with Crippen LogP contribution in [0, 0.1) is 0 Å². The second kappa shape index (κ2) is 8.35. The molecule has 0 radical (unpaired) electrons. The third kappa shape index (κ3) is 4.47. The fraction of sp³-hybridized carbons (Fsp3) is 0.600. The lowest BCUT2D eigenvalue weighted by Gasteiger charge is -2.29. The summed E-state index contributed by atoms with van der Waals surface area (Å²) in [6, 6.07) is 2.55. The molecule has 1 aliphatic heterocycles. The number of likely N-dealkylation sites (N-methyl/N-ethyl adjacent to an activating group) is 1. The lowest BCUT2D eigenvalue weighted by molar-refractivity contribution is 0.483. The van der Waals surface area contributed by atoms with Gasteiger partial charge in [0.05, 0.1) is 0 Å². The predicted octanol–water partition coefficient (Wildman–Crippen LogP) is 2.26. The number of anilines is 1. The van der Waals surface area contributed by atoms with Crippen molar-refractivity contribution in [2.75, 3.05) is 24.5 Å². The van der Waals surface area contributed by atoms with Crippen molar-refractivity contribution >= 4 is 5.82 Å². The molecule has 3 rings (SSSR count). The van der Waals surface area contributed by atoms with Crippen LogP contribution in [0.3, 0.4) is 0 Å². The smallest absolute Gasteiger partial charge is 0.155 e. The number of hydrogen-bond donors (Lipinski definition) is 3. The summed E-state index contributed by atoms with van der Waals surface area (Å²) < 4.78 is 13.7. The zero-order valence-electron chi connectivity index (χ0n) is 16.3. The molecule has 2 aliphatic rings. The average Bonchev–Trinajstić information content (AvgIpc) is 3.12. The van der Waals surface area contributed by atoms with Crippen molar-refractivity contribution in [1.29, 1.82) is 0 Å². The van der Waals surface area contributed by atoms with Gasteiger partial charge in [0, 0.05) is 43.0 Å². The maximum absolute atomic E-state index is 13.7. The van der Waals surface area contributed by atoms with Crippen molar-refractivity contribution in [3.8, 4) is 0 Å². The minimum absolute atomic E-state index is 0.150. The molecule has 0 amide bonds. The molecule has 148 valence electrons. The highest BCUT2D eigenvalue weighted by molar-refractivity contribution is 5.44. The number of nitrogens with two attached hydrogens (primary N) is 2. The summed E-state index contributed by atoms with van der Waals surface area (Å²) in [5, 5.41) is 3.50. The maximum atomic E-state index is 13.7. The van der Waals surface area contributed by atoms with Crippen LogP contribution in [0.4, 0.5) is 10.2 Å². The molecular formula is C20H31FN6. The van der Waals surface area contributed by atoms with E-state index in [1.165, 1.54) is 6.08 Å². The number of aromatic nitrogens is 2. The Kier molecular flexibility index (Phi) is 6.11. The number of halogens is 1. The maximum Gasteiger partial charge on any atom is 0.155 e. The molecule has 27 heavy (non-hydrogen) atoms. The highest BCUT2D eigenvalue weighted by Gasteiger charge is 2.34. The van der Waals surface area contributed by atoms with E-state index in [0.717, 1.165) is 56.8 Å². The fourth-order valence-electron chi connectivity index (χ4n) is 3.70. The fourth-order valence-corrected chi connectivity index (χ4v) is 3.70. The summed E-state index contributed by atoms with van der Waals surface area (Å²) in [4.78, 5) is 11.8. The van der Waals surface area contributed by atoms with Crippen molar-refractivity contribution in [2.24, 2.45) is 11.5 Å². The van der Waals surface area contributed by atoms with Crippen LogP contribution in [0.2, 0.25) is 0 Å². The van der Waals surface area contributed by atoms with E-state index in [2.05, 4.69) is 30.1 Å². The molecule has 1 aliphatic carbocycles. The SMILES string of the molecule is CCCCc1cc(N2CCC(NCC)C2)nc(C2(N)C=CC(F)=C(N)C2)n1. The molecule has 2 unspecified atom stereocenters. The van der Waals surface area contributed by atoms with Crippen LogP contribution >= 0.6 is 0 Å². The van der Waals surface area contributed by atoms with Gasteiger partial charge in [0.15, 0.2) is 5.82 Å². The van der Waals surface area contributed by atoms with Crippen LogP contribution in [0.15, 0.2) is 29.7 Å². The number of nitrogens with one attached hydrogen (secondary N) is 1. The first-order valence-electron chi connectivity index (χ1n) is 9.94. The number of nitrogens with zero attached hydrogens (tertiary/aromatic N) is 3. The lowest BCUT2D eigenvalue weighted by Crippen LogP contribution is -2.40. The van der Waals surface area contributed by atoms with Crippen LogP contribution in [0.5, 0.6) is 0 Å². The summed E-state index contributed by atoms with van der Waals surface area (Å²) in [5.41, 5.74) is 12.5. The summed E-state index contributed by atoms with van der Waals surface area (Å²) in [6.45, 7) is 7.11. The molecule has 2 atom stereocenters. The molecule has 1 aromatic rings. The van der Waals surface area contributed by atoms with Gasteiger partial charge < -0.3 is 21.7 Å². The third-order valence-electron chi connectivity index (χ3n) is 5.29. The molecule has 0 saturated carbocycles. The summed E-state index contributed by atoms with van der Waals surface area (Å²) in [6.07, 6.45) is 7.26. The summed E-state index contributed by atoms with van der Waals surface area (Å²) in [7, 11) is 0. The van der Waals surface area contributed by atoms with Crippen LogP contribution in [0.25, 0.3) is 0 Å². The van der Waals surface area contributed by atoms with Gasteiger partial charge in [-0.3, -0.25) is 0 Å². The Hall–Kier alpha value is -1.99. The Morgan fingerprint density at radius 3 is 2.89 bits per heavy atom. The Labute approximate surface area is 160 Å². The Balaban J connectivity index is 1.91. The van der Waals surface area contributed by atoms with E-state index in [1.807, 2.05) is 0 Å². The monoisotopic (exact) mass is 374 g/mol. The lowest BCUT2D eigenvalue weighted by atomic mass is 9.89. The van der Waals surface area contributed by atoms with E-state index in [0.29, 0.717) is 11.9 Å². The molecule has 1 fully saturated rings. The van der Waals surface area contributed by atoms with Crippen molar-refractivity contribution in [3.63, 3.8) is 0 Å². The zero-order valence-corrected chi connectivity index (χ0v) is 16.3. The Morgan fingerprint density at radius 1 is 1.37 bits per heavy atom. The van der Waals surface area contributed by atoms with E-state index in [-0.39, 0.29) is 12.1 Å². The van der Waals surface area contributed by atoms with Gasteiger partial charge in [0.25, 0.3) is 0 Å². The van der Waals surface area contributed by atoms with Gasteiger partial charge in [0.1, 0.15) is 17.2 Å². The van der Waals surface area contributed by atoms with Crippen LogP contribution in [-0.2, 0) is 12.0 Å². The van der Waals surface area contributed by atoms with E-state index in [9.17, 15) is 4.39 Å². The standard InChI is InChI=1S/C20H31FN6/c1-3-5-6-14-11-18(27-10-8-15(13-27)24-4-2)26-19(25-14)20(23)9-7-16(21)17(22)12-20/h7,9,11,15,24H,3-6,8,10,12-13,22-23H2,1-2H3.